The van der Waals surface area contributed by atoms with E-state index in [1.165, 1.54) is 5.56 Å². The van der Waals surface area contributed by atoms with Crippen LogP contribution in [0.2, 0.25) is 0 Å². The number of rotatable bonds is 3. The van der Waals surface area contributed by atoms with Crippen molar-refractivity contribution in [3.63, 3.8) is 0 Å². The highest BCUT2D eigenvalue weighted by molar-refractivity contribution is 7.84. The first kappa shape index (κ1) is 12.8. The van der Waals surface area contributed by atoms with Crippen LogP contribution in [-0.2, 0) is 16.6 Å². The first-order valence-electron chi connectivity index (χ1n) is 5.87. The van der Waals surface area contributed by atoms with Crippen LogP contribution in [0, 0.1) is 13.8 Å². The molecule has 2 N–H and O–H groups in total. The average molecular weight is 259 g/mol. The minimum absolute atomic E-state index is 0.534. The number of benzene rings is 2. The number of aryl methyl sites for hydroxylation is 1. The number of hydrogen-bond acceptors (Lipinski definition) is 2. The van der Waals surface area contributed by atoms with Gasteiger partial charge in [-0.1, -0.05) is 35.9 Å². The third-order valence-corrected chi connectivity index (χ3v) is 4.48. The zero-order chi connectivity index (χ0) is 13.1. The third kappa shape index (κ3) is 2.79. The van der Waals surface area contributed by atoms with E-state index < -0.39 is 10.8 Å². The van der Waals surface area contributed by atoms with Crippen molar-refractivity contribution >= 4 is 16.5 Å². The second kappa shape index (κ2) is 5.36. The molecule has 2 rings (SSSR count). The molecule has 0 saturated heterocycles. The third-order valence-electron chi connectivity index (χ3n) is 2.95. The van der Waals surface area contributed by atoms with Crippen molar-refractivity contribution in [3.05, 3.63) is 59.2 Å². The Kier molecular flexibility index (Phi) is 3.82. The normalized spacial score (nSPS) is 12.3. The molecular weight excluding hydrogens is 242 g/mol. The first-order valence-corrected chi connectivity index (χ1v) is 7.19. The van der Waals surface area contributed by atoms with Gasteiger partial charge in [0.25, 0.3) is 0 Å². The summed E-state index contributed by atoms with van der Waals surface area (Å²) in [6.07, 6.45) is 0. The summed E-state index contributed by atoms with van der Waals surface area (Å²) < 4.78 is 12.4. The summed E-state index contributed by atoms with van der Waals surface area (Å²) in [4.78, 5) is 0.830. The Morgan fingerprint density at radius 3 is 2.56 bits per heavy atom. The number of anilines is 1. The molecule has 3 heteroatoms. The number of nitrogens with two attached hydrogens (primary N) is 1. The second-order valence-electron chi connectivity index (χ2n) is 4.45. The van der Waals surface area contributed by atoms with Gasteiger partial charge in [0, 0.05) is 10.6 Å². The summed E-state index contributed by atoms with van der Waals surface area (Å²) in [5.74, 6) is 0.534. The van der Waals surface area contributed by atoms with Crippen molar-refractivity contribution in [1.82, 2.24) is 0 Å². The van der Waals surface area contributed by atoms with Crippen LogP contribution < -0.4 is 5.73 Å². The van der Waals surface area contributed by atoms with E-state index in [1.807, 2.05) is 50.2 Å². The molecule has 0 heterocycles. The lowest BCUT2D eigenvalue weighted by molar-refractivity contribution is 0.682. The van der Waals surface area contributed by atoms with Gasteiger partial charge in [-0.3, -0.25) is 4.21 Å². The lowest BCUT2D eigenvalue weighted by Crippen LogP contribution is -2.01. The predicted molar refractivity (Wildman–Crippen MR) is 76.9 cm³/mol. The van der Waals surface area contributed by atoms with Crippen LogP contribution in [0.3, 0.4) is 0 Å². The van der Waals surface area contributed by atoms with Crippen LogP contribution in [-0.4, -0.2) is 4.21 Å². The van der Waals surface area contributed by atoms with Crippen molar-refractivity contribution in [2.24, 2.45) is 0 Å². The van der Waals surface area contributed by atoms with Crippen molar-refractivity contribution < 1.29 is 4.21 Å². The van der Waals surface area contributed by atoms with Gasteiger partial charge in [-0.05, 0) is 37.1 Å². The summed E-state index contributed by atoms with van der Waals surface area (Å²) in [6, 6.07) is 13.7. The van der Waals surface area contributed by atoms with Crippen molar-refractivity contribution in [3.8, 4) is 0 Å². The SMILES string of the molecule is Cc1cccc(CS(=O)c2cccc(N)c2C)c1. The molecule has 1 unspecified atom stereocenters. The largest absolute Gasteiger partial charge is 0.398 e. The van der Waals surface area contributed by atoms with Gasteiger partial charge >= 0.3 is 0 Å². The predicted octanol–water partition coefficient (Wildman–Crippen LogP) is 3.19. The maximum Gasteiger partial charge on any atom is 0.0577 e. The monoisotopic (exact) mass is 259 g/mol. The fraction of sp³-hybridized carbons (Fsp3) is 0.200. The fourth-order valence-electron chi connectivity index (χ4n) is 1.91. The number of hydrogen-bond donors (Lipinski definition) is 1. The Morgan fingerprint density at radius 1 is 1.11 bits per heavy atom. The Morgan fingerprint density at radius 2 is 1.83 bits per heavy atom. The summed E-state index contributed by atoms with van der Waals surface area (Å²) in [5, 5.41) is 0. The molecule has 0 saturated carbocycles. The van der Waals surface area contributed by atoms with Crippen molar-refractivity contribution in [2.75, 3.05) is 5.73 Å². The highest BCUT2D eigenvalue weighted by Gasteiger charge is 2.09. The lowest BCUT2D eigenvalue weighted by Gasteiger charge is -2.08. The van der Waals surface area contributed by atoms with E-state index in [0.717, 1.165) is 16.0 Å². The maximum atomic E-state index is 12.4. The molecule has 0 spiro atoms. The highest BCUT2D eigenvalue weighted by Crippen LogP contribution is 2.21. The van der Waals surface area contributed by atoms with Crippen LogP contribution in [0.4, 0.5) is 5.69 Å². The van der Waals surface area contributed by atoms with Gasteiger partial charge in [-0.25, -0.2) is 0 Å². The van der Waals surface area contributed by atoms with Crippen LogP contribution in [0.1, 0.15) is 16.7 Å². The van der Waals surface area contributed by atoms with E-state index in [0.29, 0.717) is 11.4 Å². The molecule has 2 aromatic carbocycles. The Balaban J connectivity index is 2.25. The molecule has 2 nitrogen and oxygen atoms in total. The molecule has 0 bridgehead atoms. The molecule has 0 amide bonds. The van der Waals surface area contributed by atoms with E-state index in [2.05, 4.69) is 6.07 Å². The molecule has 0 aliphatic carbocycles. The van der Waals surface area contributed by atoms with E-state index in [-0.39, 0.29) is 0 Å². The molecule has 0 aliphatic rings. The summed E-state index contributed by atoms with van der Waals surface area (Å²) in [5.41, 5.74) is 9.74. The van der Waals surface area contributed by atoms with E-state index in [4.69, 9.17) is 5.73 Å². The molecular formula is C15H17NOS. The van der Waals surface area contributed by atoms with E-state index in [1.54, 1.807) is 0 Å². The van der Waals surface area contributed by atoms with Gasteiger partial charge in [0.1, 0.15) is 0 Å². The standard InChI is InChI=1S/C15H17NOS/c1-11-5-3-6-13(9-11)10-18(17)15-8-4-7-14(16)12(15)2/h3-9H,10,16H2,1-2H3. The smallest absolute Gasteiger partial charge is 0.0577 e. The zero-order valence-corrected chi connectivity index (χ0v) is 11.5. The Labute approximate surface area is 110 Å². The first-order chi connectivity index (χ1) is 8.58. The van der Waals surface area contributed by atoms with Crippen LogP contribution in [0.25, 0.3) is 0 Å². The van der Waals surface area contributed by atoms with Gasteiger partial charge in [0.2, 0.25) is 0 Å². The fourth-order valence-corrected chi connectivity index (χ4v) is 3.24. The molecule has 0 aliphatic heterocycles. The van der Waals surface area contributed by atoms with Gasteiger partial charge < -0.3 is 5.73 Å². The van der Waals surface area contributed by atoms with Gasteiger partial charge in [-0.15, -0.1) is 0 Å². The van der Waals surface area contributed by atoms with Crippen LogP contribution in [0.5, 0.6) is 0 Å². The van der Waals surface area contributed by atoms with E-state index >= 15 is 0 Å². The second-order valence-corrected chi connectivity index (χ2v) is 5.87. The van der Waals surface area contributed by atoms with Crippen molar-refractivity contribution in [1.29, 1.82) is 0 Å². The van der Waals surface area contributed by atoms with Gasteiger partial charge in [0.15, 0.2) is 0 Å². The van der Waals surface area contributed by atoms with Crippen molar-refractivity contribution in [2.45, 2.75) is 24.5 Å². The Hall–Kier alpha value is -1.61. The molecule has 18 heavy (non-hydrogen) atoms. The minimum atomic E-state index is -1.04. The minimum Gasteiger partial charge on any atom is -0.398 e. The van der Waals surface area contributed by atoms with E-state index in [9.17, 15) is 4.21 Å². The average Bonchev–Trinajstić information content (AvgIpc) is 2.32. The molecule has 1 atom stereocenters. The quantitative estimate of drug-likeness (QED) is 0.860. The zero-order valence-electron chi connectivity index (χ0n) is 10.6. The summed E-state index contributed by atoms with van der Waals surface area (Å²) >= 11 is 0. The molecule has 0 radical (unpaired) electrons. The molecule has 0 aromatic heterocycles. The topological polar surface area (TPSA) is 43.1 Å². The molecule has 2 aromatic rings. The van der Waals surface area contributed by atoms with Crippen LogP contribution >= 0.6 is 0 Å². The lowest BCUT2D eigenvalue weighted by atomic mass is 10.2. The Bertz CT molecular complexity index is 593. The van der Waals surface area contributed by atoms with Crippen LogP contribution in [0.15, 0.2) is 47.4 Å². The van der Waals surface area contributed by atoms with Gasteiger partial charge in [0.05, 0.1) is 16.6 Å². The molecule has 0 fully saturated rings. The maximum absolute atomic E-state index is 12.4. The highest BCUT2D eigenvalue weighted by atomic mass is 32.2. The summed E-state index contributed by atoms with van der Waals surface area (Å²) in [6.45, 7) is 3.96. The number of nitrogen functional groups attached to an aromatic ring is 1. The molecule has 94 valence electrons. The summed E-state index contributed by atoms with van der Waals surface area (Å²) in [7, 11) is -1.04. The van der Waals surface area contributed by atoms with Gasteiger partial charge in [-0.2, -0.15) is 0 Å².